The zero-order valence-electron chi connectivity index (χ0n) is 8.31. The smallest absolute Gasteiger partial charge is 0.00991 e. The highest BCUT2D eigenvalue weighted by Gasteiger charge is 2.34. The summed E-state index contributed by atoms with van der Waals surface area (Å²) in [6, 6.07) is 0.881. The lowest BCUT2D eigenvalue weighted by Crippen LogP contribution is -2.19. The van der Waals surface area contributed by atoms with Crippen molar-refractivity contribution in [3.63, 3.8) is 0 Å². The van der Waals surface area contributed by atoms with Gasteiger partial charge < -0.3 is 5.32 Å². The maximum atomic E-state index is 3.61. The molecular formula is C10H21NS. The van der Waals surface area contributed by atoms with Gasteiger partial charge in [0.2, 0.25) is 0 Å². The van der Waals surface area contributed by atoms with Crippen molar-refractivity contribution in [2.75, 3.05) is 18.6 Å². The van der Waals surface area contributed by atoms with Gasteiger partial charge in [0.25, 0.3) is 0 Å². The van der Waals surface area contributed by atoms with Crippen molar-refractivity contribution in [1.82, 2.24) is 5.32 Å². The Morgan fingerprint density at radius 1 is 1.50 bits per heavy atom. The Bertz CT molecular complexity index is 116. The van der Waals surface area contributed by atoms with E-state index in [9.17, 15) is 0 Å². The molecule has 0 saturated heterocycles. The monoisotopic (exact) mass is 187 g/mol. The van der Waals surface area contributed by atoms with Crippen LogP contribution >= 0.6 is 11.8 Å². The van der Waals surface area contributed by atoms with Crippen LogP contribution in [0.3, 0.4) is 0 Å². The van der Waals surface area contributed by atoms with Crippen LogP contribution in [0.5, 0.6) is 0 Å². The van der Waals surface area contributed by atoms with Crippen molar-refractivity contribution in [2.45, 2.75) is 38.6 Å². The minimum absolute atomic E-state index is 0.881. The maximum absolute atomic E-state index is 3.61. The molecule has 72 valence electrons. The summed E-state index contributed by atoms with van der Waals surface area (Å²) in [6.45, 7) is 3.51. The zero-order valence-corrected chi connectivity index (χ0v) is 9.12. The molecule has 0 aromatic heterocycles. The second kappa shape index (κ2) is 5.87. The van der Waals surface area contributed by atoms with Crippen molar-refractivity contribution in [1.29, 1.82) is 0 Å². The Hall–Kier alpha value is 0.310. The summed E-state index contributed by atoms with van der Waals surface area (Å²) >= 11 is 1.94. The standard InChI is InChI=1S/C10H21NS/c1-3-5-9-8-10(9)11-6-4-7-12-2/h9-11H,3-8H2,1-2H3. The predicted octanol–water partition coefficient (Wildman–Crippen LogP) is 2.52. The van der Waals surface area contributed by atoms with Crippen LogP contribution in [0.4, 0.5) is 0 Å². The Kier molecular flexibility index (Phi) is 5.08. The summed E-state index contributed by atoms with van der Waals surface area (Å²) in [6.07, 6.45) is 7.73. The van der Waals surface area contributed by atoms with Gasteiger partial charge in [0, 0.05) is 6.04 Å². The molecule has 1 aliphatic rings. The van der Waals surface area contributed by atoms with Crippen molar-refractivity contribution in [2.24, 2.45) is 5.92 Å². The molecule has 1 nitrogen and oxygen atoms in total. The van der Waals surface area contributed by atoms with Gasteiger partial charge in [-0.2, -0.15) is 11.8 Å². The van der Waals surface area contributed by atoms with Gasteiger partial charge in [-0.3, -0.25) is 0 Å². The van der Waals surface area contributed by atoms with Crippen LogP contribution in [0.1, 0.15) is 32.6 Å². The largest absolute Gasteiger partial charge is 0.314 e. The molecule has 12 heavy (non-hydrogen) atoms. The Labute approximate surface area is 80.7 Å². The lowest BCUT2D eigenvalue weighted by Gasteiger charge is -2.02. The highest BCUT2D eigenvalue weighted by Crippen LogP contribution is 2.34. The molecule has 1 N–H and O–H groups in total. The SMILES string of the molecule is CCCC1CC1NCCCSC. The van der Waals surface area contributed by atoms with Crippen LogP contribution < -0.4 is 5.32 Å². The fraction of sp³-hybridized carbons (Fsp3) is 1.00. The van der Waals surface area contributed by atoms with E-state index < -0.39 is 0 Å². The van der Waals surface area contributed by atoms with Gasteiger partial charge in [0.1, 0.15) is 0 Å². The lowest BCUT2D eigenvalue weighted by atomic mass is 10.2. The average molecular weight is 187 g/mol. The molecule has 0 spiro atoms. The van der Waals surface area contributed by atoms with Gasteiger partial charge >= 0.3 is 0 Å². The highest BCUT2D eigenvalue weighted by atomic mass is 32.2. The third-order valence-corrected chi connectivity index (χ3v) is 3.21. The van der Waals surface area contributed by atoms with E-state index >= 15 is 0 Å². The van der Waals surface area contributed by atoms with Crippen molar-refractivity contribution < 1.29 is 0 Å². The molecule has 0 aromatic rings. The normalized spacial score (nSPS) is 27.5. The van der Waals surface area contributed by atoms with Crippen LogP contribution in [0.15, 0.2) is 0 Å². The first-order chi connectivity index (χ1) is 5.88. The molecule has 2 heteroatoms. The van der Waals surface area contributed by atoms with Crippen LogP contribution in [0, 0.1) is 5.92 Å². The quantitative estimate of drug-likeness (QED) is 0.615. The number of thioether (sulfide) groups is 1. The van der Waals surface area contributed by atoms with Crippen LogP contribution in [-0.4, -0.2) is 24.6 Å². The fourth-order valence-electron chi connectivity index (χ4n) is 1.69. The Morgan fingerprint density at radius 3 is 3.00 bits per heavy atom. The first-order valence-electron chi connectivity index (χ1n) is 5.10. The molecule has 2 atom stereocenters. The number of hydrogen-bond acceptors (Lipinski definition) is 2. The topological polar surface area (TPSA) is 12.0 Å². The summed E-state index contributed by atoms with van der Waals surface area (Å²) in [5, 5.41) is 3.61. The van der Waals surface area contributed by atoms with Gasteiger partial charge in [-0.05, 0) is 43.7 Å². The second-order valence-electron chi connectivity index (χ2n) is 3.69. The Morgan fingerprint density at radius 2 is 2.33 bits per heavy atom. The van der Waals surface area contributed by atoms with Gasteiger partial charge in [0.15, 0.2) is 0 Å². The van der Waals surface area contributed by atoms with E-state index in [1.165, 1.54) is 38.0 Å². The molecule has 0 amide bonds. The third kappa shape index (κ3) is 3.81. The Balaban J connectivity index is 1.83. The minimum Gasteiger partial charge on any atom is -0.314 e. The summed E-state index contributed by atoms with van der Waals surface area (Å²) in [7, 11) is 0. The summed E-state index contributed by atoms with van der Waals surface area (Å²) in [5.74, 6) is 2.32. The zero-order chi connectivity index (χ0) is 8.81. The molecule has 2 unspecified atom stereocenters. The van der Waals surface area contributed by atoms with E-state index in [1.807, 2.05) is 11.8 Å². The van der Waals surface area contributed by atoms with E-state index in [4.69, 9.17) is 0 Å². The highest BCUT2D eigenvalue weighted by molar-refractivity contribution is 7.98. The minimum atomic E-state index is 0.881. The first kappa shape index (κ1) is 10.4. The summed E-state index contributed by atoms with van der Waals surface area (Å²) in [5.41, 5.74) is 0. The lowest BCUT2D eigenvalue weighted by molar-refractivity contribution is 0.597. The predicted molar refractivity (Wildman–Crippen MR) is 57.8 cm³/mol. The molecule has 0 aromatic carbocycles. The molecule has 1 aliphatic carbocycles. The first-order valence-corrected chi connectivity index (χ1v) is 6.50. The molecular weight excluding hydrogens is 166 g/mol. The van der Waals surface area contributed by atoms with E-state index in [2.05, 4.69) is 18.5 Å². The van der Waals surface area contributed by atoms with Crippen LogP contribution in [0.2, 0.25) is 0 Å². The fourth-order valence-corrected chi connectivity index (χ4v) is 2.12. The number of nitrogens with one attached hydrogen (secondary N) is 1. The molecule has 0 radical (unpaired) electrons. The van der Waals surface area contributed by atoms with Gasteiger partial charge in [0.05, 0.1) is 0 Å². The maximum Gasteiger partial charge on any atom is 0.00991 e. The van der Waals surface area contributed by atoms with Crippen molar-refractivity contribution >= 4 is 11.8 Å². The second-order valence-corrected chi connectivity index (χ2v) is 4.68. The molecule has 0 aliphatic heterocycles. The summed E-state index contributed by atoms with van der Waals surface area (Å²) < 4.78 is 0. The number of hydrogen-bond donors (Lipinski definition) is 1. The van der Waals surface area contributed by atoms with Gasteiger partial charge in [-0.1, -0.05) is 13.3 Å². The van der Waals surface area contributed by atoms with Crippen molar-refractivity contribution in [3.05, 3.63) is 0 Å². The molecule has 1 rings (SSSR count). The molecule has 0 heterocycles. The van der Waals surface area contributed by atoms with E-state index in [0.29, 0.717) is 0 Å². The summed E-state index contributed by atoms with van der Waals surface area (Å²) in [4.78, 5) is 0. The van der Waals surface area contributed by atoms with Crippen LogP contribution in [0.25, 0.3) is 0 Å². The molecule has 1 fully saturated rings. The van der Waals surface area contributed by atoms with Crippen molar-refractivity contribution in [3.8, 4) is 0 Å². The van der Waals surface area contributed by atoms with E-state index in [0.717, 1.165) is 12.0 Å². The van der Waals surface area contributed by atoms with E-state index in [-0.39, 0.29) is 0 Å². The number of rotatable bonds is 7. The third-order valence-electron chi connectivity index (χ3n) is 2.51. The van der Waals surface area contributed by atoms with Gasteiger partial charge in [-0.15, -0.1) is 0 Å². The van der Waals surface area contributed by atoms with Crippen LogP contribution in [-0.2, 0) is 0 Å². The van der Waals surface area contributed by atoms with E-state index in [1.54, 1.807) is 0 Å². The molecule has 1 saturated carbocycles. The van der Waals surface area contributed by atoms with Gasteiger partial charge in [-0.25, -0.2) is 0 Å². The average Bonchev–Trinajstić information content (AvgIpc) is 2.79. The molecule has 0 bridgehead atoms.